The molecule has 0 bridgehead atoms. The zero-order chi connectivity index (χ0) is 11.5. The van der Waals surface area contributed by atoms with Crippen molar-refractivity contribution in [2.45, 2.75) is 25.3 Å². The lowest BCUT2D eigenvalue weighted by Crippen LogP contribution is -2.28. The summed E-state index contributed by atoms with van der Waals surface area (Å²) in [6.07, 6.45) is 4.24. The van der Waals surface area contributed by atoms with E-state index in [2.05, 4.69) is 36.9 Å². The quantitative estimate of drug-likeness (QED) is 0.803. The van der Waals surface area contributed by atoms with Crippen molar-refractivity contribution in [1.82, 2.24) is 9.97 Å². The monoisotopic (exact) mass is 300 g/mol. The third-order valence-electron chi connectivity index (χ3n) is 2.45. The van der Waals surface area contributed by atoms with E-state index in [0.717, 1.165) is 18.7 Å². The van der Waals surface area contributed by atoms with Crippen LogP contribution in [0.15, 0.2) is 10.8 Å². The van der Waals surface area contributed by atoms with E-state index in [1.165, 1.54) is 6.33 Å². The van der Waals surface area contributed by atoms with Gasteiger partial charge in [-0.1, -0.05) is 11.6 Å². The van der Waals surface area contributed by atoms with Crippen LogP contribution in [-0.4, -0.2) is 22.6 Å². The van der Waals surface area contributed by atoms with E-state index in [1.54, 1.807) is 0 Å². The molecule has 4 nitrogen and oxygen atoms in total. The summed E-state index contributed by atoms with van der Waals surface area (Å²) in [6, 6.07) is 2.65. The van der Waals surface area contributed by atoms with Crippen molar-refractivity contribution >= 4 is 33.3 Å². The Kier molecular flexibility index (Phi) is 3.62. The minimum atomic E-state index is 0.410. The van der Waals surface area contributed by atoms with E-state index in [1.807, 2.05) is 0 Å². The van der Waals surface area contributed by atoms with Crippen molar-refractivity contribution in [2.75, 3.05) is 11.4 Å². The maximum atomic E-state index is 8.64. The first kappa shape index (κ1) is 11.6. The van der Waals surface area contributed by atoms with Crippen LogP contribution in [0.3, 0.4) is 0 Å². The Hall–Kier alpha value is -0.860. The highest BCUT2D eigenvalue weighted by molar-refractivity contribution is 9.10. The second-order valence-electron chi connectivity index (χ2n) is 3.63. The predicted octanol–water partition coefficient (Wildman–Crippen LogP) is 2.77. The Bertz CT molecular complexity index is 427. The second kappa shape index (κ2) is 4.98. The molecule has 1 heterocycles. The number of aromatic nitrogens is 2. The fraction of sp³-hybridized carbons (Fsp3) is 0.500. The molecule has 84 valence electrons. The molecule has 1 aromatic rings. The number of hydrogen-bond donors (Lipinski definition) is 0. The van der Waals surface area contributed by atoms with Crippen LogP contribution in [0.25, 0.3) is 0 Å². The summed E-state index contributed by atoms with van der Waals surface area (Å²) >= 11 is 9.31. The molecule has 0 aromatic carbocycles. The smallest absolute Gasteiger partial charge is 0.148 e. The molecule has 0 spiro atoms. The minimum absolute atomic E-state index is 0.410. The molecule has 0 aliphatic heterocycles. The fourth-order valence-electron chi connectivity index (χ4n) is 1.56. The van der Waals surface area contributed by atoms with Crippen LogP contribution in [0.5, 0.6) is 0 Å². The molecule has 0 saturated heterocycles. The maximum absolute atomic E-state index is 8.64. The van der Waals surface area contributed by atoms with E-state index in [4.69, 9.17) is 16.9 Å². The molecule has 1 saturated carbocycles. The van der Waals surface area contributed by atoms with Gasteiger partial charge in [0.15, 0.2) is 0 Å². The van der Waals surface area contributed by atoms with Gasteiger partial charge < -0.3 is 4.90 Å². The van der Waals surface area contributed by atoms with E-state index in [0.29, 0.717) is 28.6 Å². The first-order valence-corrected chi connectivity index (χ1v) is 6.20. The largest absolute Gasteiger partial charge is 0.352 e. The number of nitrogens with zero attached hydrogens (tertiary/aromatic N) is 4. The summed E-state index contributed by atoms with van der Waals surface area (Å²) in [5, 5.41) is 9.05. The van der Waals surface area contributed by atoms with Gasteiger partial charge in [-0.05, 0) is 28.8 Å². The standard InChI is InChI=1S/C10H10BrClN4/c11-8-9(12)14-6-15-10(8)16(5-1-4-13)7-2-3-7/h6-7H,1-3,5H2. The molecular formula is C10H10BrClN4. The predicted molar refractivity (Wildman–Crippen MR) is 65.3 cm³/mol. The Balaban J connectivity index is 2.24. The van der Waals surface area contributed by atoms with Gasteiger partial charge in [0.1, 0.15) is 17.3 Å². The minimum Gasteiger partial charge on any atom is -0.352 e. The Morgan fingerprint density at radius 3 is 2.94 bits per heavy atom. The number of halogens is 2. The lowest BCUT2D eigenvalue weighted by atomic mass is 10.3. The van der Waals surface area contributed by atoms with Gasteiger partial charge in [-0.2, -0.15) is 5.26 Å². The summed E-state index contributed by atoms with van der Waals surface area (Å²) in [5.74, 6) is 0.790. The van der Waals surface area contributed by atoms with Crippen molar-refractivity contribution in [3.63, 3.8) is 0 Å². The van der Waals surface area contributed by atoms with Crippen LogP contribution < -0.4 is 4.90 Å². The highest BCUT2D eigenvalue weighted by Gasteiger charge is 2.31. The average Bonchev–Trinajstić information content (AvgIpc) is 3.08. The lowest BCUT2D eigenvalue weighted by Gasteiger charge is -2.23. The van der Waals surface area contributed by atoms with Gasteiger partial charge in [-0.3, -0.25) is 0 Å². The van der Waals surface area contributed by atoms with E-state index >= 15 is 0 Å². The molecular weight excluding hydrogens is 291 g/mol. The molecule has 0 unspecified atom stereocenters. The number of rotatable bonds is 4. The third kappa shape index (κ3) is 2.45. The fourth-order valence-corrected chi connectivity index (χ4v) is 2.12. The van der Waals surface area contributed by atoms with Gasteiger partial charge >= 0.3 is 0 Å². The molecule has 0 N–H and O–H groups in total. The molecule has 6 heteroatoms. The number of hydrogen-bond acceptors (Lipinski definition) is 4. The number of anilines is 1. The molecule has 1 aliphatic rings. The molecule has 0 radical (unpaired) electrons. The highest BCUT2D eigenvalue weighted by Crippen LogP contribution is 2.36. The maximum Gasteiger partial charge on any atom is 0.148 e. The Labute approximate surface area is 107 Å². The summed E-state index contributed by atoms with van der Waals surface area (Å²) in [5.41, 5.74) is 0. The van der Waals surface area contributed by atoms with Gasteiger partial charge in [0.2, 0.25) is 0 Å². The second-order valence-corrected chi connectivity index (χ2v) is 4.79. The van der Waals surface area contributed by atoms with Crippen LogP contribution in [0, 0.1) is 11.3 Å². The lowest BCUT2D eigenvalue weighted by molar-refractivity contribution is 0.772. The van der Waals surface area contributed by atoms with Crippen LogP contribution in [0.1, 0.15) is 19.3 Å². The van der Waals surface area contributed by atoms with Crippen molar-refractivity contribution in [3.8, 4) is 6.07 Å². The first-order valence-electron chi connectivity index (χ1n) is 5.03. The average molecular weight is 302 g/mol. The zero-order valence-electron chi connectivity index (χ0n) is 8.53. The van der Waals surface area contributed by atoms with Gasteiger partial charge in [0.25, 0.3) is 0 Å². The highest BCUT2D eigenvalue weighted by atomic mass is 79.9. The normalized spacial score (nSPS) is 14.6. The first-order chi connectivity index (χ1) is 7.74. The van der Waals surface area contributed by atoms with Crippen molar-refractivity contribution in [3.05, 3.63) is 16.0 Å². The van der Waals surface area contributed by atoms with Gasteiger partial charge in [0.05, 0.1) is 17.0 Å². The van der Waals surface area contributed by atoms with Crippen molar-refractivity contribution < 1.29 is 0 Å². The summed E-state index contributed by atoms with van der Waals surface area (Å²) in [6.45, 7) is 0.688. The molecule has 2 rings (SSSR count). The molecule has 1 fully saturated rings. The van der Waals surface area contributed by atoms with Crippen LogP contribution in [0.2, 0.25) is 5.15 Å². The SMILES string of the molecule is N#CCCN(c1ncnc(Cl)c1Br)C1CC1. The van der Waals surface area contributed by atoms with Crippen LogP contribution >= 0.6 is 27.5 Å². The van der Waals surface area contributed by atoms with E-state index < -0.39 is 0 Å². The summed E-state index contributed by atoms with van der Waals surface area (Å²) < 4.78 is 0.710. The van der Waals surface area contributed by atoms with Crippen LogP contribution in [0.4, 0.5) is 5.82 Å². The third-order valence-corrected chi connectivity index (χ3v) is 3.70. The van der Waals surface area contributed by atoms with Gasteiger partial charge in [0, 0.05) is 12.6 Å². The summed E-state index contributed by atoms with van der Waals surface area (Å²) in [4.78, 5) is 10.3. The zero-order valence-corrected chi connectivity index (χ0v) is 10.9. The molecule has 0 atom stereocenters. The van der Waals surface area contributed by atoms with E-state index in [9.17, 15) is 0 Å². The van der Waals surface area contributed by atoms with Gasteiger partial charge in [-0.25, -0.2) is 9.97 Å². The van der Waals surface area contributed by atoms with Gasteiger partial charge in [-0.15, -0.1) is 0 Å². The van der Waals surface area contributed by atoms with E-state index in [-0.39, 0.29) is 0 Å². The topological polar surface area (TPSA) is 52.8 Å². The molecule has 0 amide bonds. The molecule has 1 aliphatic carbocycles. The molecule has 16 heavy (non-hydrogen) atoms. The Morgan fingerprint density at radius 1 is 1.56 bits per heavy atom. The number of nitriles is 1. The Morgan fingerprint density at radius 2 is 2.31 bits per heavy atom. The van der Waals surface area contributed by atoms with Crippen molar-refractivity contribution in [2.24, 2.45) is 0 Å². The summed E-state index contributed by atoms with van der Waals surface area (Å²) in [7, 11) is 0. The van der Waals surface area contributed by atoms with Crippen molar-refractivity contribution in [1.29, 1.82) is 5.26 Å². The molecule has 1 aromatic heterocycles. The van der Waals surface area contributed by atoms with Crippen LogP contribution in [-0.2, 0) is 0 Å².